The van der Waals surface area contributed by atoms with Gasteiger partial charge in [0.1, 0.15) is 6.10 Å². The van der Waals surface area contributed by atoms with E-state index in [2.05, 4.69) is 6.58 Å². The Labute approximate surface area is 91.5 Å². The molecule has 2 N–H and O–H groups in total. The molecule has 0 unspecified atom stereocenters. The van der Waals surface area contributed by atoms with E-state index >= 15 is 0 Å². The molecule has 0 aliphatic carbocycles. The standard InChI is InChI=1S/C11H22O4/c1-5-14-10(15-6-2)7-8(3)11(13)9(4)12/h9-13H,3,5-7H2,1-2,4H3/t9-,11-/m1/s1. The van der Waals surface area contributed by atoms with Gasteiger partial charge in [-0.2, -0.15) is 0 Å². The summed E-state index contributed by atoms with van der Waals surface area (Å²) in [6.07, 6.45) is -1.73. The van der Waals surface area contributed by atoms with E-state index in [-0.39, 0.29) is 6.29 Å². The quantitative estimate of drug-likeness (QED) is 0.472. The average molecular weight is 218 g/mol. The zero-order valence-corrected chi connectivity index (χ0v) is 9.77. The van der Waals surface area contributed by atoms with Gasteiger partial charge in [-0.1, -0.05) is 6.58 Å². The first-order chi connectivity index (χ1) is 7.02. The van der Waals surface area contributed by atoms with Crippen molar-refractivity contribution in [2.24, 2.45) is 0 Å². The Kier molecular flexibility index (Phi) is 7.60. The summed E-state index contributed by atoms with van der Waals surface area (Å²) in [6.45, 7) is 10.1. The maximum Gasteiger partial charge on any atom is 0.161 e. The van der Waals surface area contributed by atoms with Crippen molar-refractivity contribution in [3.05, 3.63) is 12.2 Å². The highest BCUT2D eigenvalue weighted by atomic mass is 16.7. The van der Waals surface area contributed by atoms with Crippen LogP contribution in [0.3, 0.4) is 0 Å². The molecule has 0 rings (SSSR count). The first-order valence-corrected chi connectivity index (χ1v) is 5.29. The topological polar surface area (TPSA) is 58.9 Å². The lowest BCUT2D eigenvalue weighted by atomic mass is 10.0. The Morgan fingerprint density at radius 1 is 1.20 bits per heavy atom. The Morgan fingerprint density at radius 2 is 1.67 bits per heavy atom. The number of aliphatic hydroxyl groups excluding tert-OH is 2. The van der Waals surface area contributed by atoms with E-state index in [1.165, 1.54) is 6.92 Å². The van der Waals surface area contributed by atoms with Crippen molar-refractivity contribution in [2.45, 2.75) is 45.7 Å². The van der Waals surface area contributed by atoms with Crippen LogP contribution in [0.4, 0.5) is 0 Å². The molecule has 0 fully saturated rings. The van der Waals surface area contributed by atoms with Gasteiger partial charge >= 0.3 is 0 Å². The van der Waals surface area contributed by atoms with Gasteiger partial charge in [-0.3, -0.25) is 0 Å². The fourth-order valence-corrected chi connectivity index (χ4v) is 1.21. The summed E-state index contributed by atoms with van der Waals surface area (Å²) < 4.78 is 10.6. The summed E-state index contributed by atoms with van der Waals surface area (Å²) in [5.74, 6) is 0. The van der Waals surface area contributed by atoms with Gasteiger partial charge in [0.05, 0.1) is 6.10 Å². The van der Waals surface area contributed by atoms with Crippen molar-refractivity contribution in [1.29, 1.82) is 0 Å². The van der Waals surface area contributed by atoms with Gasteiger partial charge < -0.3 is 19.7 Å². The molecule has 0 saturated carbocycles. The van der Waals surface area contributed by atoms with Crippen molar-refractivity contribution >= 4 is 0 Å². The summed E-state index contributed by atoms with van der Waals surface area (Å²) in [7, 11) is 0. The number of rotatable bonds is 8. The molecule has 0 bridgehead atoms. The molecule has 0 spiro atoms. The van der Waals surface area contributed by atoms with Crippen LogP contribution in [-0.2, 0) is 9.47 Å². The van der Waals surface area contributed by atoms with E-state index in [9.17, 15) is 10.2 Å². The Bertz CT molecular complexity index is 173. The summed E-state index contributed by atoms with van der Waals surface area (Å²) in [6, 6.07) is 0. The molecule has 0 aromatic carbocycles. The molecule has 4 nitrogen and oxygen atoms in total. The fraction of sp³-hybridized carbons (Fsp3) is 0.818. The van der Waals surface area contributed by atoms with Crippen molar-refractivity contribution in [1.82, 2.24) is 0 Å². The van der Waals surface area contributed by atoms with Crippen LogP contribution in [0.1, 0.15) is 27.2 Å². The van der Waals surface area contributed by atoms with Crippen LogP contribution in [-0.4, -0.2) is 41.9 Å². The van der Waals surface area contributed by atoms with Crippen molar-refractivity contribution in [2.75, 3.05) is 13.2 Å². The van der Waals surface area contributed by atoms with Crippen LogP contribution in [0.2, 0.25) is 0 Å². The zero-order chi connectivity index (χ0) is 11.8. The van der Waals surface area contributed by atoms with Gasteiger partial charge in [-0.15, -0.1) is 0 Å². The van der Waals surface area contributed by atoms with Crippen LogP contribution < -0.4 is 0 Å². The SMILES string of the molecule is C=C(CC(OCC)OCC)[C@@H](O)[C@@H](C)O. The van der Waals surface area contributed by atoms with Crippen LogP contribution >= 0.6 is 0 Å². The molecule has 0 amide bonds. The Morgan fingerprint density at radius 3 is 2.00 bits per heavy atom. The smallest absolute Gasteiger partial charge is 0.161 e. The maximum absolute atomic E-state index is 9.52. The maximum atomic E-state index is 9.52. The van der Waals surface area contributed by atoms with Crippen LogP contribution in [0.15, 0.2) is 12.2 Å². The first-order valence-electron chi connectivity index (χ1n) is 5.29. The normalized spacial score (nSPS) is 15.3. The number of ether oxygens (including phenoxy) is 2. The highest BCUT2D eigenvalue weighted by Gasteiger charge is 2.19. The van der Waals surface area contributed by atoms with E-state index in [4.69, 9.17) is 9.47 Å². The molecule has 0 saturated heterocycles. The predicted octanol–water partition coefficient (Wildman–Crippen LogP) is 1.07. The summed E-state index contributed by atoms with van der Waals surface area (Å²) >= 11 is 0. The van der Waals surface area contributed by atoms with Gasteiger partial charge in [-0.25, -0.2) is 0 Å². The molecule has 0 radical (unpaired) electrons. The van der Waals surface area contributed by atoms with Crippen LogP contribution in [0, 0.1) is 0 Å². The molecule has 0 aliphatic rings. The minimum atomic E-state index is -0.923. The third-order valence-electron chi connectivity index (χ3n) is 2.01. The van der Waals surface area contributed by atoms with Crippen molar-refractivity contribution < 1.29 is 19.7 Å². The van der Waals surface area contributed by atoms with Gasteiger partial charge in [-0.05, 0) is 26.3 Å². The second-order valence-electron chi connectivity index (χ2n) is 3.39. The van der Waals surface area contributed by atoms with Gasteiger partial charge in [0.2, 0.25) is 0 Å². The van der Waals surface area contributed by atoms with Crippen LogP contribution in [0.25, 0.3) is 0 Å². The van der Waals surface area contributed by atoms with Crippen molar-refractivity contribution in [3.8, 4) is 0 Å². The number of aliphatic hydroxyl groups is 2. The molecule has 15 heavy (non-hydrogen) atoms. The monoisotopic (exact) mass is 218 g/mol. The molecule has 90 valence electrons. The van der Waals surface area contributed by atoms with Gasteiger partial charge in [0.15, 0.2) is 6.29 Å². The lowest BCUT2D eigenvalue weighted by molar-refractivity contribution is -0.136. The molecule has 0 aliphatic heterocycles. The average Bonchev–Trinajstić information content (AvgIpc) is 2.17. The van der Waals surface area contributed by atoms with Gasteiger partial charge in [0.25, 0.3) is 0 Å². The minimum Gasteiger partial charge on any atom is -0.390 e. The van der Waals surface area contributed by atoms with Gasteiger partial charge in [0, 0.05) is 19.6 Å². The third-order valence-corrected chi connectivity index (χ3v) is 2.01. The summed E-state index contributed by atoms with van der Waals surface area (Å²) in [5, 5.41) is 18.7. The minimum absolute atomic E-state index is 0.388. The molecule has 0 aromatic heterocycles. The fourth-order valence-electron chi connectivity index (χ4n) is 1.21. The molecule has 2 atom stereocenters. The lowest BCUT2D eigenvalue weighted by Gasteiger charge is -2.22. The first kappa shape index (κ1) is 14.6. The zero-order valence-electron chi connectivity index (χ0n) is 9.77. The number of hydrogen-bond donors (Lipinski definition) is 2. The Hall–Kier alpha value is -0.420. The largest absolute Gasteiger partial charge is 0.390 e. The molecular weight excluding hydrogens is 196 g/mol. The second-order valence-corrected chi connectivity index (χ2v) is 3.39. The van der Waals surface area contributed by atoms with E-state index in [1.807, 2.05) is 13.8 Å². The highest BCUT2D eigenvalue weighted by molar-refractivity contribution is 5.04. The number of hydrogen-bond acceptors (Lipinski definition) is 4. The van der Waals surface area contributed by atoms with Crippen LogP contribution in [0.5, 0.6) is 0 Å². The molecule has 4 heteroatoms. The van der Waals surface area contributed by atoms with E-state index < -0.39 is 12.2 Å². The highest BCUT2D eigenvalue weighted by Crippen LogP contribution is 2.14. The van der Waals surface area contributed by atoms with E-state index in [0.29, 0.717) is 25.2 Å². The lowest BCUT2D eigenvalue weighted by Crippen LogP contribution is -2.28. The predicted molar refractivity (Wildman–Crippen MR) is 58.5 cm³/mol. The third kappa shape index (κ3) is 5.89. The van der Waals surface area contributed by atoms with Crippen molar-refractivity contribution in [3.63, 3.8) is 0 Å². The summed E-state index contributed by atoms with van der Waals surface area (Å²) in [4.78, 5) is 0. The van der Waals surface area contributed by atoms with E-state index in [0.717, 1.165) is 0 Å². The molecule has 0 heterocycles. The molecular formula is C11H22O4. The Balaban J connectivity index is 4.09. The summed E-state index contributed by atoms with van der Waals surface area (Å²) in [5.41, 5.74) is 0.525. The van der Waals surface area contributed by atoms with E-state index in [1.54, 1.807) is 0 Å². The second kappa shape index (κ2) is 7.82. The molecule has 0 aromatic rings.